The Hall–Kier alpha value is -1.58. The van der Waals surface area contributed by atoms with Gasteiger partial charge in [0.1, 0.15) is 7.85 Å². The highest BCUT2D eigenvalue weighted by atomic mass is 16.2. The number of imide groups is 1. The van der Waals surface area contributed by atoms with Crippen LogP contribution in [0.3, 0.4) is 0 Å². The Labute approximate surface area is 191 Å². The molecular weight excluding hydrogens is 381 g/mol. The van der Waals surface area contributed by atoms with Gasteiger partial charge in [-0.1, -0.05) is 97.5 Å². The topological polar surface area (TPSA) is 37.4 Å². The molecule has 2 rings (SSSR count). The molecular formula is C27H44BNO2. The molecule has 31 heavy (non-hydrogen) atoms. The molecule has 2 unspecified atom stereocenters. The van der Waals surface area contributed by atoms with Crippen LogP contribution in [0.4, 0.5) is 5.69 Å². The molecule has 1 fully saturated rings. The summed E-state index contributed by atoms with van der Waals surface area (Å²) < 4.78 is 0. The number of benzene rings is 1. The zero-order chi connectivity index (χ0) is 23.2. The third-order valence-electron chi connectivity index (χ3n) is 7.83. The second-order valence-corrected chi connectivity index (χ2v) is 11.1. The second-order valence-electron chi connectivity index (χ2n) is 11.1. The number of carbonyl (C=O) groups is 2. The Morgan fingerprint density at radius 3 is 2.06 bits per heavy atom. The molecule has 172 valence electrons. The lowest BCUT2D eigenvalue weighted by atomic mass is 9.54. The van der Waals surface area contributed by atoms with Crippen LogP contribution in [0, 0.1) is 11.8 Å². The van der Waals surface area contributed by atoms with Gasteiger partial charge >= 0.3 is 0 Å². The Morgan fingerprint density at radius 2 is 1.52 bits per heavy atom. The third-order valence-corrected chi connectivity index (χ3v) is 7.83. The third kappa shape index (κ3) is 6.02. The molecule has 1 aliphatic heterocycles. The number of anilines is 1. The molecule has 0 aromatic heterocycles. The summed E-state index contributed by atoms with van der Waals surface area (Å²) >= 11 is 0. The van der Waals surface area contributed by atoms with E-state index in [-0.39, 0.29) is 28.5 Å². The van der Waals surface area contributed by atoms with E-state index in [1.54, 1.807) is 0 Å². The van der Waals surface area contributed by atoms with Crippen molar-refractivity contribution < 1.29 is 9.59 Å². The van der Waals surface area contributed by atoms with Crippen molar-refractivity contribution in [3.8, 4) is 0 Å². The van der Waals surface area contributed by atoms with Crippen molar-refractivity contribution in [3.63, 3.8) is 0 Å². The average molecular weight is 425 g/mol. The van der Waals surface area contributed by atoms with Gasteiger partial charge in [0.05, 0.1) is 11.6 Å². The van der Waals surface area contributed by atoms with Crippen LogP contribution < -0.4 is 4.90 Å². The highest BCUT2D eigenvalue weighted by Gasteiger charge is 2.43. The summed E-state index contributed by atoms with van der Waals surface area (Å²) in [5.74, 6) is 0.168. The summed E-state index contributed by atoms with van der Waals surface area (Å²) in [6, 6.07) is 8.11. The summed E-state index contributed by atoms with van der Waals surface area (Å²) in [6.07, 6.45) is 9.62. The zero-order valence-electron chi connectivity index (χ0n) is 21.1. The van der Waals surface area contributed by atoms with Crippen LogP contribution in [0.25, 0.3) is 0 Å². The predicted octanol–water partition coefficient (Wildman–Crippen LogP) is 6.45. The van der Waals surface area contributed by atoms with Crippen LogP contribution in [0.2, 0.25) is 5.31 Å². The standard InChI is InChI=1S/C27H44BNO2/c1-7-9-11-12-14-20(13-10-8-2)23-19-24(30)29(25(23)31)22-17-15-21(16-18-22)26(3,4)27(5,6)28/h15-18,20,23H,7-14,19,28H2,1-6H3. The van der Waals surface area contributed by atoms with E-state index in [1.807, 2.05) is 12.1 Å². The first kappa shape index (κ1) is 25.7. The van der Waals surface area contributed by atoms with Crippen LogP contribution in [0.1, 0.15) is 105 Å². The maximum Gasteiger partial charge on any atom is 0.237 e. The molecule has 1 aliphatic rings. The highest BCUT2D eigenvalue weighted by Crippen LogP contribution is 2.45. The van der Waals surface area contributed by atoms with E-state index < -0.39 is 0 Å². The van der Waals surface area contributed by atoms with Gasteiger partial charge in [-0.3, -0.25) is 14.5 Å². The van der Waals surface area contributed by atoms with Crippen LogP contribution in [0.15, 0.2) is 24.3 Å². The maximum absolute atomic E-state index is 13.4. The van der Waals surface area contributed by atoms with E-state index in [9.17, 15) is 9.59 Å². The molecule has 0 bridgehead atoms. The number of hydrogen-bond acceptors (Lipinski definition) is 2. The van der Waals surface area contributed by atoms with Gasteiger partial charge < -0.3 is 0 Å². The minimum absolute atomic E-state index is 0.00315. The highest BCUT2D eigenvalue weighted by molar-refractivity contribution is 6.21. The quantitative estimate of drug-likeness (QED) is 0.219. The normalized spacial score (nSPS) is 18.6. The largest absolute Gasteiger partial charge is 0.274 e. The number of nitrogens with zero attached hydrogens (tertiary/aromatic N) is 1. The van der Waals surface area contributed by atoms with Crippen molar-refractivity contribution >= 4 is 25.3 Å². The smallest absolute Gasteiger partial charge is 0.237 e. The summed E-state index contributed by atoms with van der Waals surface area (Å²) in [4.78, 5) is 27.7. The van der Waals surface area contributed by atoms with Gasteiger partial charge in [0, 0.05) is 6.42 Å². The predicted molar refractivity (Wildman–Crippen MR) is 134 cm³/mol. The summed E-state index contributed by atoms with van der Waals surface area (Å²) in [6.45, 7) is 13.4. The fourth-order valence-electron chi connectivity index (χ4n) is 4.60. The van der Waals surface area contributed by atoms with E-state index in [1.165, 1.54) is 29.7 Å². The maximum atomic E-state index is 13.4. The van der Waals surface area contributed by atoms with E-state index in [0.717, 1.165) is 37.8 Å². The molecule has 4 heteroatoms. The SMILES string of the molecule is BC(C)(C)C(C)(C)c1ccc(N2C(=O)CC(C(CCCC)CCCCCC)C2=O)cc1. The van der Waals surface area contributed by atoms with Gasteiger partial charge in [-0.25, -0.2) is 0 Å². The molecule has 0 spiro atoms. The number of rotatable bonds is 12. The first-order valence-corrected chi connectivity index (χ1v) is 12.5. The van der Waals surface area contributed by atoms with Crippen molar-refractivity contribution in [1.29, 1.82) is 0 Å². The summed E-state index contributed by atoms with van der Waals surface area (Å²) in [5, 5.41) is 0.114. The fourth-order valence-corrected chi connectivity index (χ4v) is 4.60. The molecule has 1 aromatic carbocycles. The van der Waals surface area contributed by atoms with Gasteiger partial charge in [0.15, 0.2) is 0 Å². The molecule has 3 nitrogen and oxygen atoms in total. The molecule has 0 saturated carbocycles. The number of hydrogen-bond donors (Lipinski definition) is 0. The van der Waals surface area contributed by atoms with Gasteiger partial charge in [-0.2, -0.15) is 0 Å². The van der Waals surface area contributed by atoms with E-state index in [2.05, 4.69) is 61.5 Å². The molecule has 2 amide bonds. The van der Waals surface area contributed by atoms with Crippen molar-refractivity contribution in [2.75, 3.05) is 4.90 Å². The molecule has 2 atom stereocenters. The Bertz CT molecular complexity index is 733. The first-order valence-electron chi connectivity index (χ1n) is 12.5. The molecule has 0 aliphatic carbocycles. The Kier molecular flexibility index (Phi) is 8.97. The Morgan fingerprint density at radius 1 is 0.935 bits per heavy atom. The molecule has 1 aromatic rings. The van der Waals surface area contributed by atoms with Gasteiger partial charge in [0.25, 0.3) is 0 Å². The average Bonchev–Trinajstić information content (AvgIpc) is 3.00. The minimum atomic E-state index is -0.147. The zero-order valence-corrected chi connectivity index (χ0v) is 21.1. The number of carbonyl (C=O) groups excluding carboxylic acids is 2. The Balaban J connectivity index is 2.17. The van der Waals surface area contributed by atoms with E-state index in [4.69, 9.17) is 0 Å². The van der Waals surface area contributed by atoms with Crippen LogP contribution in [0.5, 0.6) is 0 Å². The van der Waals surface area contributed by atoms with Crippen LogP contribution in [-0.4, -0.2) is 19.7 Å². The second kappa shape index (κ2) is 10.8. The van der Waals surface area contributed by atoms with E-state index >= 15 is 0 Å². The molecule has 1 saturated heterocycles. The van der Waals surface area contributed by atoms with Gasteiger partial charge in [-0.15, -0.1) is 0 Å². The number of unbranched alkanes of at least 4 members (excludes halogenated alkanes) is 4. The lowest BCUT2D eigenvalue weighted by Crippen LogP contribution is -2.33. The van der Waals surface area contributed by atoms with Crippen LogP contribution >= 0.6 is 0 Å². The van der Waals surface area contributed by atoms with Gasteiger partial charge in [0.2, 0.25) is 11.8 Å². The molecule has 0 N–H and O–H groups in total. The molecule has 0 radical (unpaired) electrons. The molecule has 1 heterocycles. The van der Waals surface area contributed by atoms with Crippen molar-refractivity contribution in [2.45, 2.75) is 110 Å². The summed E-state index contributed by atoms with van der Waals surface area (Å²) in [7, 11) is 2.25. The monoisotopic (exact) mass is 425 g/mol. The number of amides is 2. The lowest BCUT2D eigenvalue weighted by molar-refractivity contribution is -0.123. The van der Waals surface area contributed by atoms with Gasteiger partial charge in [-0.05, 0) is 41.9 Å². The fraction of sp³-hybridized carbons (Fsp3) is 0.704. The van der Waals surface area contributed by atoms with E-state index in [0.29, 0.717) is 12.3 Å². The van der Waals surface area contributed by atoms with Crippen molar-refractivity contribution in [3.05, 3.63) is 29.8 Å². The summed E-state index contributed by atoms with van der Waals surface area (Å²) in [5.41, 5.74) is 1.96. The van der Waals surface area contributed by atoms with Crippen molar-refractivity contribution in [1.82, 2.24) is 0 Å². The van der Waals surface area contributed by atoms with Crippen molar-refractivity contribution in [2.24, 2.45) is 11.8 Å². The van der Waals surface area contributed by atoms with Crippen LogP contribution in [-0.2, 0) is 15.0 Å². The minimum Gasteiger partial charge on any atom is -0.274 e. The first-order chi connectivity index (χ1) is 14.5. The lowest BCUT2D eigenvalue weighted by Gasteiger charge is -2.39.